The highest BCUT2D eigenvalue weighted by atomic mass is 35.5. The summed E-state index contributed by atoms with van der Waals surface area (Å²) in [5.74, 6) is 1.02. The molecule has 1 amide bonds. The van der Waals surface area contributed by atoms with Gasteiger partial charge in [0.2, 0.25) is 5.91 Å². The molecule has 1 aliphatic heterocycles. The number of carbonyl (C=O) groups excluding carboxylic acids is 1. The largest absolute Gasteiger partial charge is 0.361 e. The summed E-state index contributed by atoms with van der Waals surface area (Å²) in [4.78, 5) is 16.1. The third-order valence-corrected chi connectivity index (χ3v) is 3.48. The van der Waals surface area contributed by atoms with Gasteiger partial charge >= 0.3 is 0 Å². The number of aromatic nitrogens is 1. The first kappa shape index (κ1) is 16.9. The molecule has 0 unspecified atom stereocenters. The van der Waals surface area contributed by atoms with Crippen LogP contribution in [0.25, 0.3) is 0 Å². The molecule has 7 heteroatoms. The van der Waals surface area contributed by atoms with Crippen LogP contribution < -0.4 is 5.32 Å². The number of rotatable bonds is 4. The predicted octanol–water partition coefficient (Wildman–Crippen LogP) is 0.577. The van der Waals surface area contributed by atoms with Crippen LogP contribution in [0.5, 0.6) is 0 Å². The summed E-state index contributed by atoms with van der Waals surface area (Å²) >= 11 is 0. The Hall–Kier alpha value is -1.11. The Kier molecular flexibility index (Phi) is 6.45. The number of amides is 1. The van der Waals surface area contributed by atoms with Crippen LogP contribution in [0.3, 0.4) is 0 Å². The van der Waals surface area contributed by atoms with E-state index in [9.17, 15) is 4.79 Å². The maximum absolute atomic E-state index is 12.1. The molecule has 1 fully saturated rings. The van der Waals surface area contributed by atoms with Gasteiger partial charge in [-0.05, 0) is 20.9 Å². The Morgan fingerprint density at radius 1 is 1.40 bits per heavy atom. The lowest BCUT2D eigenvalue weighted by molar-refractivity contribution is -0.132. The Labute approximate surface area is 125 Å². The zero-order chi connectivity index (χ0) is 13.8. The van der Waals surface area contributed by atoms with Crippen LogP contribution in [0.4, 0.5) is 0 Å². The fourth-order valence-corrected chi connectivity index (χ4v) is 2.30. The van der Waals surface area contributed by atoms with Gasteiger partial charge in [0, 0.05) is 38.3 Å². The highest BCUT2D eigenvalue weighted by molar-refractivity contribution is 5.85. The first-order valence-electron chi connectivity index (χ1n) is 6.66. The molecule has 0 radical (unpaired) electrons. The van der Waals surface area contributed by atoms with E-state index >= 15 is 0 Å². The Morgan fingerprint density at radius 2 is 2.05 bits per heavy atom. The second kappa shape index (κ2) is 7.61. The molecular formula is C13H23ClN4O2. The van der Waals surface area contributed by atoms with E-state index in [0.29, 0.717) is 13.1 Å². The minimum absolute atomic E-state index is 0. The molecule has 1 aromatic rings. The molecule has 2 rings (SSSR count). The van der Waals surface area contributed by atoms with Gasteiger partial charge in [-0.2, -0.15) is 0 Å². The van der Waals surface area contributed by atoms with E-state index in [1.54, 1.807) is 0 Å². The average Bonchev–Trinajstić information content (AvgIpc) is 2.71. The fraction of sp³-hybridized carbons (Fsp3) is 0.692. The number of hydrogen-bond acceptors (Lipinski definition) is 5. The molecule has 2 heterocycles. The van der Waals surface area contributed by atoms with E-state index in [4.69, 9.17) is 4.52 Å². The van der Waals surface area contributed by atoms with E-state index in [1.165, 1.54) is 0 Å². The molecule has 0 bridgehead atoms. The molecule has 0 aliphatic carbocycles. The van der Waals surface area contributed by atoms with Crippen molar-refractivity contribution in [2.24, 2.45) is 0 Å². The Morgan fingerprint density at radius 3 is 2.60 bits per heavy atom. The predicted molar refractivity (Wildman–Crippen MR) is 79.0 cm³/mol. The molecule has 1 N–H and O–H groups in total. The zero-order valence-electron chi connectivity index (χ0n) is 12.3. The van der Waals surface area contributed by atoms with Gasteiger partial charge in [-0.3, -0.25) is 9.69 Å². The van der Waals surface area contributed by atoms with Crippen molar-refractivity contribution in [2.75, 3.05) is 39.8 Å². The van der Waals surface area contributed by atoms with Crippen LogP contribution in [-0.4, -0.2) is 60.6 Å². The van der Waals surface area contributed by atoms with Crippen LogP contribution >= 0.6 is 12.4 Å². The number of aryl methyl sites for hydroxylation is 2. The molecule has 0 atom stereocenters. The molecule has 114 valence electrons. The quantitative estimate of drug-likeness (QED) is 0.881. The lowest BCUT2D eigenvalue weighted by Gasteiger charge is -2.29. The summed E-state index contributed by atoms with van der Waals surface area (Å²) in [6.45, 7) is 8.34. The lowest BCUT2D eigenvalue weighted by Crippen LogP contribution is -2.49. The normalized spacial score (nSPS) is 15.3. The van der Waals surface area contributed by atoms with Gasteiger partial charge < -0.3 is 14.7 Å². The summed E-state index contributed by atoms with van der Waals surface area (Å²) in [5, 5.41) is 7.18. The smallest absolute Gasteiger partial charge is 0.236 e. The number of piperazine rings is 1. The third-order valence-electron chi connectivity index (χ3n) is 3.48. The molecule has 1 saturated heterocycles. The van der Waals surface area contributed by atoms with Crippen molar-refractivity contribution < 1.29 is 9.32 Å². The van der Waals surface area contributed by atoms with E-state index in [-0.39, 0.29) is 18.3 Å². The lowest BCUT2D eigenvalue weighted by atomic mass is 10.2. The maximum atomic E-state index is 12.1. The van der Waals surface area contributed by atoms with E-state index in [2.05, 4.69) is 10.5 Å². The topological polar surface area (TPSA) is 61.6 Å². The van der Waals surface area contributed by atoms with Crippen LogP contribution in [0.2, 0.25) is 0 Å². The SMILES string of the molecule is Cc1noc(C)c1CN(C)CC(=O)N1CCNCC1.Cl. The second-order valence-electron chi connectivity index (χ2n) is 5.11. The van der Waals surface area contributed by atoms with Gasteiger partial charge in [-0.1, -0.05) is 5.16 Å². The van der Waals surface area contributed by atoms with Gasteiger partial charge in [0.05, 0.1) is 12.2 Å². The number of carbonyl (C=O) groups is 1. The second-order valence-corrected chi connectivity index (χ2v) is 5.11. The highest BCUT2D eigenvalue weighted by Crippen LogP contribution is 2.14. The van der Waals surface area contributed by atoms with Crippen LogP contribution in [0.1, 0.15) is 17.0 Å². The highest BCUT2D eigenvalue weighted by Gasteiger charge is 2.19. The standard InChI is InChI=1S/C13H22N4O2.ClH/c1-10-12(11(2)19-15-10)8-16(3)9-13(18)17-6-4-14-5-7-17;/h14H,4-9H2,1-3H3;1H. The number of halogens is 1. The number of likely N-dealkylation sites (N-methyl/N-ethyl adjacent to an activating group) is 1. The van der Waals surface area contributed by atoms with Crippen LogP contribution in [0.15, 0.2) is 4.52 Å². The van der Waals surface area contributed by atoms with Crippen LogP contribution in [-0.2, 0) is 11.3 Å². The van der Waals surface area contributed by atoms with Crippen molar-refractivity contribution in [2.45, 2.75) is 20.4 Å². The minimum Gasteiger partial charge on any atom is -0.361 e. The van der Waals surface area contributed by atoms with Crippen molar-refractivity contribution in [3.8, 4) is 0 Å². The first-order chi connectivity index (χ1) is 9.08. The van der Waals surface area contributed by atoms with Gasteiger partial charge in [-0.15, -0.1) is 12.4 Å². The molecular weight excluding hydrogens is 280 g/mol. The number of hydrogen-bond donors (Lipinski definition) is 1. The average molecular weight is 303 g/mol. The molecule has 1 aromatic heterocycles. The minimum atomic E-state index is 0. The first-order valence-corrected chi connectivity index (χ1v) is 6.66. The molecule has 20 heavy (non-hydrogen) atoms. The molecule has 0 spiro atoms. The van der Waals surface area contributed by atoms with Gasteiger partial charge in [0.25, 0.3) is 0 Å². The van der Waals surface area contributed by atoms with Crippen molar-refractivity contribution in [3.63, 3.8) is 0 Å². The molecule has 6 nitrogen and oxygen atoms in total. The van der Waals surface area contributed by atoms with Gasteiger partial charge in [0.1, 0.15) is 5.76 Å². The number of nitrogens with zero attached hydrogens (tertiary/aromatic N) is 3. The summed E-state index contributed by atoms with van der Waals surface area (Å²) in [6, 6.07) is 0. The Bertz CT molecular complexity index is 424. The molecule has 0 saturated carbocycles. The zero-order valence-corrected chi connectivity index (χ0v) is 13.1. The van der Waals surface area contributed by atoms with Gasteiger partial charge in [-0.25, -0.2) is 0 Å². The summed E-state index contributed by atoms with van der Waals surface area (Å²) < 4.78 is 5.14. The van der Waals surface area contributed by atoms with E-state index in [1.807, 2.05) is 30.7 Å². The fourth-order valence-electron chi connectivity index (χ4n) is 2.30. The Balaban J connectivity index is 0.00000200. The van der Waals surface area contributed by atoms with Crippen molar-refractivity contribution in [1.29, 1.82) is 0 Å². The van der Waals surface area contributed by atoms with E-state index in [0.717, 1.165) is 43.2 Å². The summed E-state index contributed by atoms with van der Waals surface area (Å²) in [7, 11) is 1.95. The van der Waals surface area contributed by atoms with Crippen LogP contribution in [0, 0.1) is 13.8 Å². The summed E-state index contributed by atoms with van der Waals surface area (Å²) in [6.07, 6.45) is 0. The monoisotopic (exact) mass is 302 g/mol. The summed E-state index contributed by atoms with van der Waals surface area (Å²) in [5.41, 5.74) is 1.98. The maximum Gasteiger partial charge on any atom is 0.236 e. The number of nitrogens with one attached hydrogen (secondary N) is 1. The van der Waals surface area contributed by atoms with E-state index < -0.39 is 0 Å². The molecule has 0 aromatic carbocycles. The third kappa shape index (κ3) is 4.19. The van der Waals surface area contributed by atoms with Gasteiger partial charge in [0.15, 0.2) is 0 Å². The van der Waals surface area contributed by atoms with Crippen molar-refractivity contribution in [3.05, 3.63) is 17.0 Å². The van der Waals surface area contributed by atoms with Crippen molar-refractivity contribution in [1.82, 2.24) is 20.3 Å². The van der Waals surface area contributed by atoms with Crippen molar-refractivity contribution >= 4 is 18.3 Å². The molecule has 1 aliphatic rings.